The smallest absolute Gasteiger partial charge is 0.119 e. The summed E-state index contributed by atoms with van der Waals surface area (Å²) in [6, 6.07) is 6.28. The van der Waals surface area contributed by atoms with Gasteiger partial charge in [-0.2, -0.15) is 11.8 Å². The highest BCUT2D eigenvalue weighted by molar-refractivity contribution is 9.10. The Bertz CT molecular complexity index is 357. The van der Waals surface area contributed by atoms with Gasteiger partial charge in [0.25, 0.3) is 0 Å². The van der Waals surface area contributed by atoms with Crippen molar-refractivity contribution in [3.8, 4) is 5.75 Å². The molecule has 1 atom stereocenters. The van der Waals surface area contributed by atoms with Crippen LogP contribution in [0.25, 0.3) is 0 Å². The number of rotatable bonds is 8. The van der Waals surface area contributed by atoms with Crippen LogP contribution in [-0.2, 0) is 6.54 Å². The summed E-state index contributed by atoms with van der Waals surface area (Å²) in [5, 5.41) is 12.5. The number of halogens is 1. The van der Waals surface area contributed by atoms with Crippen molar-refractivity contribution in [2.75, 3.05) is 25.7 Å². The second-order valence-corrected chi connectivity index (χ2v) is 5.77. The first-order chi connectivity index (χ1) is 8.71. The Hall–Kier alpha value is -0.230. The van der Waals surface area contributed by atoms with Crippen molar-refractivity contribution in [3.05, 3.63) is 28.2 Å². The Labute approximate surface area is 121 Å². The topological polar surface area (TPSA) is 41.5 Å². The van der Waals surface area contributed by atoms with Crippen LogP contribution in [-0.4, -0.2) is 36.9 Å². The molecule has 0 bridgehead atoms. The van der Waals surface area contributed by atoms with Crippen molar-refractivity contribution >= 4 is 27.7 Å². The molecule has 1 rings (SSSR count). The number of methoxy groups -OCH3 is 1. The summed E-state index contributed by atoms with van der Waals surface area (Å²) in [6.07, 6.45) is 2.86. The zero-order chi connectivity index (χ0) is 13.4. The van der Waals surface area contributed by atoms with Crippen molar-refractivity contribution in [3.63, 3.8) is 0 Å². The third-order valence-corrected chi connectivity index (χ3v) is 4.19. The lowest BCUT2D eigenvalue weighted by molar-refractivity contribution is 0.269. The van der Waals surface area contributed by atoms with Crippen LogP contribution in [0.4, 0.5) is 0 Å². The molecule has 0 aliphatic heterocycles. The van der Waals surface area contributed by atoms with E-state index in [0.717, 1.165) is 28.9 Å². The van der Waals surface area contributed by atoms with Gasteiger partial charge in [-0.15, -0.1) is 0 Å². The zero-order valence-corrected chi connectivity index (χ0v) is 13.2. The molecule has 0 aromatic heterocycles. The number of hydrogen-bond donors (Lipinski definition) is 2. The third-order valence-electron chi connectivity index (χ3n) is 2.68. The van der Waals surface area contributed by atoms with Crippen molar-refractivity contribution < 1.29 is 9.84 Å². The molecule has 0 spiro atoms. The molecule has 0 fully saturated rings. The number of benzene rings is 1. The summed E-state index contributed by atoms with van der Waals surface area (Å²) in [7, 11) is 1.67. The highest BCUT2D eigenvalue weighted by atomic mass is 79.9. The fourth-order valence-electron chi connectivity index (χ4n) is 1.67. The van der Waals surface area contributed by atoms with Crippen LogP contribution in [0.1, 0.15) is 12.0 Å². The fraction of sp³-hybridized carbons (Fsp3) is 0.538. The fourth-order valence-corrected chi connectivity index (χ4v) is 2.74. The Balaban J connectivity index is 2.60. The molecule has 3 nitrogen and oxygen atoms in total. The predicted molar refractivity (Wildman–Crippen MR) is 81.4 cm³/mol. The molecule has 0 aliphatic carbocycles. The van der Waals surface area contributed by atoms with Crippen molar-refractivity contribution in [1.82, 2.24) is 5.32 Å². The number of ether oxygens (including phenoxy) is 1. The van der Waals surface area contributed by atoms with Gasteiger partial charge in [0.05, 0.1) is 7.11 Å². The molecular weight excluding hydrogens is 314 g/mol. The lowest BCUT2D eigenvalue weighted by atomic mass is 10.2. The van der Waals surface area contributed by atoms with E-state index in [0.29, 0.717) is 6.04 Å². The Kier molecular flexibility index (Phi) is 7.74. The molecule has 0 aliphatic rings. The van der Waals surface area contributed by atoms with Crippen molar-refractivity contribution in [2.24, 2.45) is 0 Å². The first-order valence-corrected chi connectivity index (χ1v) is 8.05. The molecule has 0 heterocycles. The van der Waals surface area contributed by atoms with E-state index < -0.39 is 0 Å². The highest BCUT2D eigenvalue weighted by Gasteiger charge is 2.08. The van der Waals surface area contributed by atoms with Crippen LogP contribution in [0.3, 0.4) is 0 Å². The van der Waals surface area contributed by atoms with Crippen LogP contribution >= 0.6 is 27.7 Å². The van der Waals surface area contributed by atoms with E-state index in [-0.39, 0.29) is 6.61 Å². The summed E-state index contributed by atoms with van der Waals surface area (Å²) >= 11 is 5.32. The average molecular weight is 334 g/mol. The lowest BCUT2D eigenvalue weighted by Gasteiger charge is -2.17. The molecule has 0 amide bonds. The van der Waals surface area contributed by atoms with E-state index in [1.807, 2.05) is 18.2 Å². The van der Waals surface area contributed by atoms with Crippen LogP contribution in [0.15, 0.2) is 22.7 Å². The number of hydrogen-bond acceptors (Lipinski definition) is 4. The van der Waals surface area contributed by atoms with Gasteiger partial charge in [-0.1, -0.05) is 15.9 Å². The second kappa shape index (κ2) is 8.80. The maximum atomic E-state index is 9.02. The maximum absolute atomic E-state index is 9.02. The molecule has 1 aromatic rings. The molecule has 1 unspecified atom stereocenters. The SMILES string of the molecule is COc1ccc(Br)c(CNC(CCO)CSC)c1. The van der Waals surface area contributed by atoms with E-state index in [1.165, 1.54) is 5.56 Å². The first kappa shape index (κ1) is 15.8. The summed E-state index contributed by atoms with van der Waals surface area (Å²) < 4.78 is 6.29. The van der Waals surface area contributed by atoms with Crippen molar-refractivity contribution in [1.29, 1.82) is 0 Å². The van der Waals surface area contributed by atoms with Crippen LogP contribution in [0.2, 0.25) is 0 Å². The number of aliphatic hydroxyl groups is 1. The molecular formula is C13H20BrNO2S. The first-order valence-electron chi connectivity index (χ1n) is 5.86. The highest BCUT2D eigenvalue weighted by Crippen LogP contribution is 2.22. The minimum Gasteiger partial charge on any atom is -0.497 e. The number of nitrogens with one attached hydrogen (secondary N) is 1. The summed E-state index contributed by atoms with van der Waals surface area (Å²) in [4.78, 5) is 0. The molecule has 2 N–H and O–H groups in total. The Morgan fingerprint density at radius 2 is 2.28 bits per heavy atom. The van der Waals surface area contributed by atoms with Gasteiger partial charge in [0.15, 0.2) is 0 Å². The van der Waals surface area contributed by atoms with E-state index in [1.54, 1.807) is 18.9 Å². The third kappa shape index (κ3) is 5.18. The minimum atomic E-state index is 0.220. The molecule has 102 valence electrons. The molecule has 0 radical (unpaired) electrons. The Morgan fingerprint density at radius 3 is 2.89 bits per heavy atom. The minimum absolute atomic E-state index is 0.220. The van der Waals surface area contributed by atoms with E-state index in [2.05, 4.69) is 27.5 Å². The second-order valence-electron chi connectivity index (χ2n) is 4.00. The number of aliphatic hydroxyl groups excluding tert-OH is 1. The van der Waals surface area contributed by atoms with Gasteiger partial charge in [-0.3, -0.25) is 0 Å². The predicted octanol–water partition coefficient (Wildman–Crippen LogP) is 2.66. The summed E-state index contributed by atoms with van der Waals surface area (Å²) in [6.45, 7) is 0.987. The molecule has 0 saturated heterocycles. The number of thioether (sulfide) groups is 1. The van der Waals surface area contributed by atoms with Gasteiger partial charge >= 0.3 is 0 Å². The van der Waals surface area contributed by atoms with Gasteiger partial charge in [0.2, 0.25) is 0 Å². The summed E-state index contributed by atoms with van der Waals surface area (Å²) in [5.74, 6) is 1.86. The van der Waals surface area contributed by atoms with Gasteiger partial charge in [-0.25, -0.2) is 0 Å². The molecule has 5 heteroatoms. The molecule has 0 saturated carbocycles. The van der Waals surface area contributed by atoms with Crippen LogP contribution < -0.4 is 10.1 Å². The van der Waals surface area contributed by atoms with Crippen LogP contribution in [0, 0.1) is 0 Å². The average Bonchev–Trinajstić information content (AvgIpc) is 2.38. The standard InChI is InChI=1S/C13H20BrNO2S/c1-17-12-3-4-13(14)10(7-12)8-15-11(5-6-16)9-18-2/h3-4,7,11,15-16H,5-6,8-9H2,1-2H3. The van der Waals surface area contributed by atoms with E-state index in [9.17, 15) is 0 Å². The molecule has 18 heavy (non-hydrogen) atoms. The monoisotopic (exact) mass is 333 g/mol. The van der Waals surface area contributed by atoms with E-state index >= 15 is 0 Å². The van der Waals surface area contributed by atoms with Gasteiger partial charge in [0.1, 0.15) is 5.75 Å². The largest absolute Gasteiger partial charge is 0.497 e. The normalized spacial score (nSPS) is 12.4. The molecule has 1 aromatic carbocycles. The van der Waals surface area contributed by atoms with Gasteiger partial charge in [-0.05, 0) is 36.4 Å². The zero-order valence-electron chi connectivity index (χ0n) is 10.8. The van der Waals surface area contributed by atoms with Crippen molar-refractivity contribution in [2.45, 2.75) is 19.0 Å². The van der Waals surface area contributed by atoms with Crippen LogP contribution in [0.5, 0.6) is 5.75 Å². The summed E-state index contributed by atoms with van der Waals surface area (Å²) in [5.41, 5.74) is 1.17. The van der Waals surface area contributed by atoms with E-state index in [4.69, 9.17) is 9.84 Å². The lowest BCUT2D eigenvalue weighted by Crippen LogP contribution is -2.31. The van der Waals surface area contributed by atoms with Gasteiger partial charge < -0.3 is 15.2 Å². The van der Waals surface area contributed by atoms with Gasteiger partial charge in [0, 0.05) is 29.4 Å². The Morgan fingerprint density at radius 1 is 1.50 bits per heavy atom. The quantitative estimate of drug-likeness (QED) is 0.767. The maximum Gasteiger partial charge on any atom is 0.119 e.